The van der Waals surface area contributed by atoms with Gasteiger partial charge in [-0.1, -0.05) is 0 Å². The summed E-state index contributed by atoms with van der Waals surface area (Å²) in [6, 6.07) is 5.04. The summed E-state index contributed by atoms with van der Waals surface area (Å²) in [6.07, 6.45) is 2.19. The second-order valence-electron chi connectivity index (χ2n) is 6.03. The first-order chi connectivity index (χ1) is 11.4. The lowest BCUT2D eigenvalue weighted by molar-refractivity contribution is -0.122. The molecule has 0 radical (unpaired) electrons. The Kier molecular flexibility index (Phi) is 4.20. The van der Waals surface area contributed by atoms with Crippen LogP contribution in [0.15, 0.2) is 29.2 Å². The normalized spacial score (nSPS) is 14.3. The molecule has 0 unspecified atom stereocenters. The van der Waals surface area contributed by atoms with E-state index in [-0.39, 0.29) is 17.6 Å². The summed E-state index contributed by atoms with van der Waals surface area (Å²) < 4.78 is 1.89. The SMILES string of the molecule is Cc1cc(=O)c(C(=O)N2CC(NC(=O)Cc3cccn3C)C2)n[nH]1. The van der Waals surface area contributed by atoms with E-state index in [1.807, 2.05) is 29.9 Å². The summed E-state index contributed by atoms with van der Waals surface area (Å²) in [5, 5.41) is 9.33. The highest BCUT2D eigenvalue weighted by Gasteiger charge is 2.33. The van der Waals surface area contributed by atoms with Crippen molar-refractivity contribution in [3.63, 3.8) is 0 Å². The van der Waals surface area contributed by atoms with Crippen LogP contribution in [0.5, 0.6) is 0 Å². The minimum absolute atomic E-state index is 0.0831. The number of H-pyrrole nitrogens is 1. The van der Waals surface area contributed by atoms with Gasteiger partial charge in [0.1, 0.15) is 0 Å². The third-order valence-electron chi connectivity index (χ3n) is 4.05. The van der Waals surface area contributed by atoms with Crippen LogP contribution >= 0.6 is 0 Å². The molecule has 2 aromatic rings. The molecule has 1 fully saturated rings. The predicted molar refractivity (Wildman–Crippen MR) is 86.5 cm³/mol. The molecule has 126 valence electrons. The van der Waals surface area contributed by atoms with E-state index in [1.54, 1.807) is 6.92 Å². The molecule has 1 aliphatic rings. The standard InChI is InChI=1S/C16H19N5O3/c1-10-6-13(22)15(19-18-10)16(24)21-8-11(9-21)17-14(23)7-12-4-3-5-20(12)2/h3-6,11H,7-9H2,1-2H3,(H,17,23)(H,18,22). The molecule has 2 aromatic heterocycles. The van der Waals surface area contributed by atoms with E-state index in [9.17, 15) is 14.4 Å². The molecule has 0 spiro atoms. The second-order valence-corrected chi connectivity index (χ2v) is 6.03. The van der Waals surface area contributed by atoms with Gasteiger partial charge >= 0.3 is 0 Å². The van der Waals surface area contributed by atoms with Crippen molar-refractivity contribution in [2.75, 3.05) is 13.1 Å². The lowest BCUT2D eigenvalue weighted by atomic mass is 10.1. The maximum Gasteiger partial charge on any atom is 0.278 e. The van der Waals surface area contributed by atoms with Crippen LogP contribution in [0.25, 0.3) is 0 Å². The number of aromatic amines is 1. The van der Waals surface area contributed by atoms with Gasteiger partial charge in [0.05, 0.1) is 12.5 Å². The van der Waals surface area contributed by atoms with E-state index in [0.29, 0.717) is 25.2 Å². The van der Waals surface area contributed by atoms with Gasteiger partial charge in [-0.05, 0) is 19.1 Å². The van der Waals surface area contributed by atoms with Gasteiger partial charge in [0.15, 0.2) is 5.69 Å². The van der Waals surface area contributed by atoms with Crippen molar-refractivity contribution in [3.8, 4) is 0 Å². The third-order valence-corrected chi connectivity index (χ3v) is 4.05. The molecule has 0 aliphatic carbocycles. The quantitative estimate of drug-likeness (QED) is 0.797. The Morgan fingerprint density at radius 1 is 1.42 bits per heavy atom. The van der Waals surface area contributed by atoms with Gasteiger partial charge in [0.2, 0.25) is 11.3 Å². The number of hydrogen-bond donors (Lipinski definition) is 2. The summed E-state index contributed by atoms with van der Waals surface area (Å²) in [5.41, 5.74) is 1.02. The van der Waals surface area contributed by atoms with Crippen LogP contribution in [0.2, 0.25) is 0 Å². The van der Waals surface area contributed by atoms with Crippen LogP contribution in [0.1, 0.15) is 21.9 Å². The minimum atomic E-state index is -0.413. The van der Waals surface area contributed by atoms with Crippen molar-refractivity contribution < 1.29 is 9.59 Å². The van der Waals surface area contributed by atoms with Crippen LogP contribution in [0.4, 0.5) is 0 Å². The first kappa shape index (κ1) is 16.0. The Morgan fingerprint density at radius 2 is 2.17 bits per heavy atom. The number of carbonyl (C=O) groups is 2. The van der Waals surface area contributed by atoms with Gasteiger partial charge in [0, 0.05) is 43.8 Å². The van der Waals surface area contributed by atoms with Crippen LogP contribution < -0.4 is 10.7 Å². The monoisotopic (exact) mass is 329 g/mol. The molecule has 1 saturated heterocycles. The number of nitrogens with one attached hydrogen (secondary N) is 2. The summed E-state index contributed by atoms with van der Waals surface area (Å²) in [4.78, 5) is 37.5. The fraction of sp³-hybridized carbons (Fsp3) is 0.375. The number of nitrogens with zero attached hydrogens (tertiary/aromatic N) is 3. The number of carbonyl (C=O) groups excluding carboxylic acids is 2. The number of rotatable bonds is 4. The Labute approximate surface area is 138 Å². The molecule has 3 heterocycles. The van der Waals surface area contributed by atoms with Crippen molar-refractivity contribution >= 4 is 11.8 Å². The van der Waals surface area contributed by atoms with Crippen LogP contribution in [0.3, 0.4) is 0 Å². The molecule has 0 bridgehead atoms. The van der Waals surface area contributed by atoms with Crippen LogP contribution in [0, 0.1) is 6.92 Å². The number of aryl methyl sites for hydroxylation is 2. The van der Waals surface area contributed by atoms with Crippen molar-refractivity contribution in [2.45, 2.75) is 19.4 Å². The van der Waals surface area contributed by atoms with E-state index in [2.05, 4.69) is 15.5 Å². The first-order valence-corrected chi connectivity index (χ1v) is 7.69. The van der Waals surface area contributed by atoms with Crippen LogP contribution in [-0.4, -0.2) is 50.6 Å². The van der Waals surface area contributed by atoms with Gasteiger partial charge in [-0.2, -0.15) is 5.10 Å². The Hall–Kier alpha value is -2.90. The van der Waals surface area contributed by atoms with Gasteiger partial charge in [-0.3, -0.25) is 19.5 Å². The molecule has 3 rings (SSSR count). The zero-order valence-corrected chi connectivity index (χ0v) is 13.6. The molecule has 2 N–H and O–H groups in total. The lowest BCUT2D eigenvalue weighted by Crippen LogP contribution is -2.61. The van der Waals surface area contributed by atoms with E-state index >= 15 is 0 Å². The van der Waals surface area contributed by atoms with Crippen molar-refractivity contribution in [3.05, 3.63) is 51.7 Å². The number of hydrogen-bond acceptors (Lipinski definition) is 4. The number of aromatic nitrogens is 3. The topological polar surface area (TPSA) is 100 Å². The number of likely N-dealkylation sites (tertiary alicyclic amines) is 1. The molecule has 1 aliphatic heterocycles. The van der Waals surface area contributed by atoms with Gasteiger partial charge < -0.3 is 14.8 Å². The van der Waals surface area contributed by atoms with E-state index in [0.717, 1.165) is 5.69 Å². The smallest absolute Gasteiger partial charge is 0.278 e. The molecule has 0 saturated carbocycles. The zero-order valence-electron chi connectivity index (χ0n) is 13.6. The summed E-state index contributed by atoms with van der Waals surface area (Å²) in [5.74, 6) is -0.496. The van der Waals surface area contributed by atoms with Gasteiger partial charge in [0.25, 0.3) is 5.91 Å². The molecule has 0 aromatic carbocycles. The van der Waals surface area contributed by atoms with Crippen molar-refractivity contribution in [2.24, 2.45) is 7.05 Å². The maximum absolute atomic E-state index is 12.2. The fourth-order valence-electron chi connectivity index (χ4n) is 2.66. The molecule has 2 amide bonds. The summed E-state index contributed by atoms with van der Waals surface area (Å²) in [7, 11) is 1.89. The average molecular weight is 329 g/mol. The highest BCUT2D eigenvalue weighted by atomic mass is 16.2. The zero-order chi connectivity index (χ0) is 17.3. The molecular formula is C16H19N5O3. The van der Waals surface area contributed by atoms with Gasteiger partial charge in [-0.15, -0.1) is 0 Å². The number of amides is 2. The molecule has 0 atom stereocenters. The van der Waals surface area contributed by atoms with Crippen molar-refractivity contribution in [1.82, 2.24) is 25.0 Å². The highest BCUT2D eigenvalue weighted by molar-refractivity contribution is 5.92. The van der Waals surface area contributed by atoms with E-state index in [1.165, 1.54) is 11.0 Å². The largest absolute Gasteiger partial charge is 0.354 e. The minimum Gasteiger partial charge on any atom is -0.354 e. The molecule has 8 nitrogen and oxygen atoms in total. The fourth-order valence-corrected chi connectivity index (χ4v) is 2.66. The average Bonchev–Trinajstić information content (AvgIpc) is 2.87. The van der Waals surface area contributed by atoms with Gasteiger partial charge in [-0.25, -0.2) is 0 Å². The Bertz CT molecular complexity index is 832. The predicted octanol–water partition coefficient (Wildman–Crippen LogP) is -0.400. The summed E-state index contributed by atoms with van der Waals surface area (Å²) >= 11 is 0. The Morgan fingerprint density at radius 3 is 2.79 bits per heavy atom. The second kappa shape index (κ2) is 6.31. The third kappa shape index (κ3) is 3.22. The van der Waals surface area contributed by atoms with E-state index in [4.69, 9.17) is 0 Å². The molecule has 8 heteroatoms. The van der Waals surface area contributed by atoms with Crippen LogP contribution in [-0.2, 0) is 18.3 Å². The first-order valence-electron chi connectivity index (χ1n) is 7.69. The molecule has 24 heavy (non-hydrogen) atoms. The Balaban J connectivity index is 1.52. The lowest BCUT2D eigenvalue weighted by Gasteiger charge is -2.39. The molecular weight excluding hydrogens is 310 g/mol. The summed E-state index contributed by atoms with van der Waals surface area (Å²) in [6.45, 7) is 2.46. The highest BCUT2D eigenvalue weighted by Crippen LogP contribution is 2.11. The van der Waals surface area contributed by atoms with E-state index < -0.39 is 11.3 Å². The maximum atomic E-state index is 12.2. The van der Waals surface area contributed by atoms with Crippen molar-refractivity contribution in [1.29, 1.82) is 0 Å².